The number of carbonyl (C=O) groups is 1. The second-order valence-corrected chi connectivity index (χ2v) is 6.08. The van der Waals surface area contributed by atoms with Gasteiger partial charge in [-0.15, -0.1) is 5.10 Å². The van der Waals surface area contributed by atoms with Crippen LogP contribution in [0.3, 0.4) is 0 Å². The van der Waals surface area contributed by atoms with Crippen molar-refractivity contribution in [2.24, 2.45) is 0 Å². The van der Waals surface area contributed by atoms with Gasteiger partial charge in [-0.2, -0.15) is 5.10 Å². The minimum absolute atomic E-state index is 0.217. The lowest BCUT2D eigenvalue weighted by atomic mass is 10.2. The number of pyridine rings is 1. The van der Waals surface area contributed by atoms with Gasteiger partial charge in [-0.3, -0.25) is 4.79 Å². The molecule has 4 rings (SSSR count). The fraction of sp³-hybridized carbons (Fsp3) is 0.176. The van der Waals surface area contributed by atoms with Crippen molar-refractivity contribution >= 4 is 22.6 Å². The Morgan fingerprint density at radius 2 is 1.96 bits per heavy atom. The molecule has 3 heterocycles. The van der Waals surface area contributed by atoms with Crippen molar-refractivity contribution in [3.8, 4) is 5.69 Å². The molecule has 0 saturated carbocycles. The summed E-state index contributed by atoms with van der Waals surface area (Å²) >= 11 is 0. The number of aromatic nitrogens is 7. The summed E-state index contributed by atoms with van der Waals surface area (Å²) in [6.45, 7) is 4.09. The molecule has 1 N–H and O–H groups in total. The van der Waals surface area contributed by atoms with E-state index in [4.69, 9.17) is 0 Å². The van der Waals surface area contributed by atoms with Crippen molar-refractivity contribution in [3.63, 3.8) is 0 Å². The number of nitrogens with zero attached hydrogens (tertiary/aromatic N) is 7. The Morgan fingerprint density at radius 1 is 1.15 bits per heavy atom. The minimum atomic E-state index is -0.217. The van der Waals surface area contributed by atoms with Crippen LogP contribution in [0.4, 0.5) is 5.69 Å². The van der Waals surface area contributed by atoms with Gasteiger partial charge in [0.2, 0.25) is 0 Å². The molecular formula is C17H16N8O. The maximum absolute atomic E-state index is 12.5. The van der Waals surface area contributed by atoms with Crippen LogP contribution in [0.15, 0.2) is 49.1 Å². The summed E-state index contributed by atoms with van der Waals surface area (Å²) in [5.74, 6) is -0.217. The molecule has 0 unspecified atom stereocenters. The van der Waals surface area contributed by atoms with Crippen LogP contribution in [0.25, 0.3) is 16.7 Å². The number of fused-ring (bicyclic) bond motifs is 1. The molecule has 0 spiro atoms. The van der Waals surface area contributed by atoms with Crippen LogP contribution in [0.2, 0.25) is 0 Å². The summed E-state index contributed by atoms with van der Waals surface area (Å²) in [6, 6.07) is 9.07. The first-order valence-corrected chi connectivity index (χ1v) is 8.10. The zero-order valence-corrected chi connectivity index (χ0v) is 14.2. The molecule has 0 aliphatic carbocycles. The van der Waals surface area contributed by atoms with Crippen molar-refractivity contribution < 1.29 is 4.79 Å². The van der Waals surface area contributed by atoms with Crippen molar-refractivity contribution in [2.75, 3.05) is 5.32 Å². The van der Waals surface area contributed by atoms with Crippen LogP contribution in [-0.4, -0.2) is 40.9 Å². The third-order valence-electron chi connectivity index (χ3n) is 3.92. The quantitative estimate of drug-likeness (QED) is 0.606. The minimum Gasteiger partial charge on any atom is -0.321 e. The van der Waals surface area contributed by atoms with Crippen LogP contribution < -0.4 is 5.32 Å². The van der Waals surface area contributed by atoms with E-state index in [9.17, 15) is 4.79 Å². The summed E-state index contributed by atoms with van der Waals surface area (Å²) in [6.07, 6.45) is 4.88. The van der Waals surface area contributed by atoms with Crippen LogP contribution in [0.5, 0.6) is 0 Å². The Morgan fingerprint density at radius 3 is 2.65 bits per heavy atom. The van der Waals surface area contributed by atoms with Crippen LogP contribution >= 0.6 is 0 Å². The molecule has 0 saturated heterocycles. The molecule has 1 amide bonds. The molecule has 9 nitrogen and oxygen atoms in total. The highest BCUT2D eigenvalue weighted by molar-refractivity contribution is 6.04. The standard InChI is InChI=1S/C17H16N8O/c1-11(2)25-16-13(8-20-25)7-14(9-18-16)21-17(26)12-3-5-15(6-4-12)24-10-19-22-23-24/h3-11H,1-2H3,(H,21,26). The molecule has 0 bridgehead atoms. The SMILES string of the molecule is CC(C)n1ncc2cc(NC(=O)c3ccc(-n4cnnn4)cc3)cnc21. The smallest absolute Gasteiger partial charge is 0.255 e. The lowest BCUT2D eigenvalue weighted by Crippen LogP contribution is -2.12. The highest BCUT2D eigenvalue weighted by Crippen LogP contribution is 2.19. The van der Waals surface area contributed by atoms with E-state index in [1.807, 2.05) is 24.6 Å². The van der Waals surface area contributed by atoms with E-state index in [-0.39, 0.29) is 11.9 Å². The van der Waals surface area contributed by atoms with Crippen LogP contribution in [0.1, 0.15) is 30.2 Å². The van der Waals surface area contributed by atoms with Gasteiger partial charge in [0.25, 0.3) is 5.91 Å². The first-order chi connectivity index (χ1) is 12.6. The molecule has 130 valence electrons. The monoisotopic (exact) mass is 348 g/mol. The molecule has 0 radical (unpaired) electrons. The predicted molar refractivity (Wildman–Crippen MR) is 95.0 cm³/mol. The summed E-state index contributed by atoms with van der Waals surface area (Å²) < 4.78 is 3.37. The first kappa shape index (κ1) is 15.9. The Kier molecular flexibility index (Phi) is 3.88. The van der Waals surface area contributed by atoms with Gasteiger partial charge in [0, 0.05) is 17.0 Å². The number of tetrazole rings is 1. The Bertz CT molecular complexity index is 1050. The second-order valence-electron chi connectivity index (χ2n) is 6.08. The van der Waals surface area contributed by atoms with E-state index < -0.39 is 0 Å². The Hall–Kier alpha value is -3.62. The molecule has 26 heavy (non-hydrogen) atoms. The highest BCUT2D eigenvalue weighted by Gasteiger charge is 2.11. The second kappa shape index (κ2) is 6.36. The summed E-state index contributed by atoms with van der Waals surface area (Å²) in [5.41, 5.74) is 2.72. The Balaban J connectivity index is 1.53. The van der Waals surface area contributed by atoms with Gasteiger partial charge >= 0.3 is 0 Å². The number of hydrogen-bond donors (Lipinski definition) is 1. The molecule has 9 heteroatoms. The van der Waals surface area contributed by atoms with Gasteiger partial charge in [0.05, 0.1) is 23.8 Å². The third kappa shape index (κ3) is 2.90. The molecular weight excluding hydrogens is 332 g/mol. The third-order valence-corrected chi connectivity index (χ3v) is 3.92. The van der Waals surface area contributed by atoms with Crippen molar-refractivity contribution in [1.29, 1.82) is 0 Å². The van der Waals surface area contributed by atoms with E-state index in [2.05, 4.69) is 30.9 Å². The molecule has 4 aromatic rings. The van der Waals surface area contributed by atoms with Crippen LogP contribution in [-0.2, 0) is 0 Å². The number of amides is 1. The molecule has 0 atom stereocenters. The van der Waals surface area contributed by atoms with E-state index in [0.717, 1.165) is 16.7 Å². The number of carbonyl (C=O) groups excluding carboxylic acids is 1. The molecule has 0 aliphatic rings. The van der Waals surface area contributed by atoms with Gasteiger partial charge in [-0.1, -0.05) is 0 Å². The fourth-order valence-corrected chi connectivity index (χ4v) is 2.63. The predicted octanol–water partition coefficient (Wildman–Crippen LogP) is 2.24. The maximum Gasteiger partial charge on any atom is 0.255 e. The van der Waals surface area contributed by atoms with Gasteiger partial charge in [-0.05, 0) is 54.6 Å². The van der Waals surface area contributed by atoms with E-state index in [1.165, 1.54) is 11.0 Å². The lowest BCUT2D eigenvalue weighted by molar-refractivity contribution is 0.102. The maximum atomic E-state index is 12.5. The Labute approximate surface area is 148 Å². The average Bonchev–Trinajstić information content (AvgIpc) is 3.31. The highest BCUT2D eigenvalue weighted by atomic mass is 16.1. The fourth-order valence-electron chi connectivity index (χ4n) is 2.63. The zero-order chi connectivity index (χ0) is 18.1. The average molecular weight is 348 g/mol. The largest absolute Gasteiger partial charge is 0.321 e. The molecule has 3 aromatic heterocycles. The van der Waals surface area contributed by atoms with Crippen molar-refractivity contribution in [2.45, 2.75) is 19.9 Å². The molecule has 1 aromatic carbocycles. The molecule has 0 aliphatic heterocycles. The summed E-state index contributed by atoms with van der Waals surface area (Å²) in [4.78, 5) is 16.9. The number of anilines is 1. The van der Waals surface area contributed by atoms with Crippen molar-refractivity contribution in [1.82, 2.24) is 35.0 Å². The number of benzene rings is 1. The summed E-state index contributed by atoms with van der Waals surface area (Å²) in [5, 5.41) is 19.1. The van der Waals surface area contributed by atoms with Gasteiger partial charge in [0.1, 0.15) is 6.33 Å². The van der Waals surface area contributed by atoms with E-state index in [0.29, 0.717) is 11.3 Å². The van der Waals surface area contributed by atoms with E-state index in [1.54, 1.807) is 36.7 Å². The topological polar surface area (TPSA) is 103 Å². The van der Waals surface area contributed by atoms with Crippen LogP contribution in [0, 0.1) is 0 Å². The number of rotatable bonds is 4. The number of hydrogen-bond acceptors (Lipinski definition) is 6. The molecule has 0 fully saturated rings. The van der Waals surface area contributed by atoms with E-state index >= 15 is 0 Å². The van der Waals surface area contributed by atoms with Gasteiger partial charge in [0.15, 0.2) is 5.65 Å². The van der Waals surface area contributed by atoms with Gasteiger partial charge in [-0.25, -0.2) is 14.3 Å². The number of nitrogens with one attached hydrogen (secondary N) is 1. The normalized spacial score (nSPS) is 11.2. The first-order valence-electron chi connectivity index (χ1n) is 8.10. The lowest BCUT2D eigenvalue weighted by Gasteiger charge is -2.08. The zero-order valence-electron chi connectivity index (χ0n) is 14.2. The van der Waals surface area contributed by atoms with Crippen molar-refractivity contribution in [3.05, 3.63) is 54.6 Å². The summed E-state index contributed by atoms with van der Waals surface area (Å²) in [7, 11) is 0. The van der Waals surface area contributed by atoms with Gasteiger partial charge < -0.3 is 5.32 Å².